The second-order valence-electron chi connectivity index (χ2n) is 3.92. The van der Waals surface area contributed by atoms with Crippen LogP contribution in [0.5, 0.6) is 0 Å². The molecule has 3 nitrogen and oxygen atoms in total. The molecule has 92 valence electrons. The standard InChI is InChI=1S/C12H16N2OS2/c1-9(15)4-5-13-7-10-8-14-12(17-10)11-3-2-6-16-11/h2-3,6,8-9,13,15H,4-5,7H2,1H3. The highest BCUT2D eigenvalue weighted by molar-refractivity contribution is 7.20. The molecule has 1 unspecified atom stereocenters. The van der Waals surface area contributed by atoms with Crippen LogP contribution >= 0.6 is 22.7 Å². The largest absolute Gasteiger partial charge is 0.393 e. The Hall–Kier alpha value is -0.750. The van der Waals surface area contributed by atoms with Crippen molar-refractivity contribution in [2.75, 3.05) is 6.54 Å². The topological polar surface area (TPSA) is 45.1 Å². The van der Waals surface area contributed by atoms with Gasteiger partial charge in [-0.3, -0.25) is 0 Å². The van der Waals surface area contributed by atoms with Crippen LogP contribution in [-0.4, -0.2) is 22.7 Å². The monoisotopic (exact) mass is 268 g/mol. The van der Waals surface area contributed by atoms with Crippen molar-refractivity contribution in [1.82, 2.24) is 10.3 Å². The third-order valence-corrected chi connectivity index (χ3v) is 4.36. The van der Waals surface area contributed by atoms with Crippen molar-refractivity contribution < 1.29 is 5.11 Å². The Labute approximate surface area is 109 Å². The molecule has 17 heavy (non-hydrogen) atoms. The van der Waals surface area contributed by atoms with Crippen LogP contribution in [0.25, 0.3) is 9.88 Å². The summed E-state index contributed by atoms with van der Waals surface area (Å²) in [7, 11) is 0. The predicted molar refractivity (Wildman–Crippen MR) is 73.4 cm³/mol. The van der Waals surface area contributed by atoms with Crippen LogP contribution in [0, 0.1) is 0 Å². The van der Waals surface area contributed by atoms with Gasteiger partial charge in [-0.1, -0.05) is 6.07 Å². The molecule has 2 N–H and O–H groups in total. The summed E-state index contributed by atoms with van der Waals surface area (Å²) in [5.74, 6) is 0. The van der Waals surface area contributed by atoms with Gasteiger partial charge < -0.3 is 10.4 Å². The summed E-state index contributed by atoms with van der Waals surface area (Å²) in [5, 5.41) is 15.6. The zero-order valence-corrected chi connectivity index (χ0v) is 11.4. The van der Waals surface area contributed by atoms with Gasteiger partial charge in [-0.15, -0.1) is 22.7 Å². The fourth-order valence-electron chi connectivity index (χ4n) is 1.43. The first-order valence-electron chi connectivity index (χ1n) is 5.63. The van der Waals surface area contributed by atoms with Gasteiger partial charge in [-0.2, -0.15) is 0 Å². The molecule has 0 fully saturated rings. The molecule has 0 saturated heterocycles. The molecule has 0 aliphatic heterocycles. The SMILES string of the molecule is CC(O)CCNCc1cnc(-c2cccs2)s1. The minimum Gasteiger partial charge on any atom is -0.393 e. The average molecular weight is 268 g/mol. The summed E-state index contributed by atoms with van der Waals surface area (Å²) in [6, 6.07) is 4.14. The minimum absolute atomic E-state index is 0.231. The first kappa shape index (κ1) is 12.7. The van der Waals surface area contributed by atoms with Crippen LogP contribution < -0.4 is 5.32 Å². The van der Waals surface area contributed by atoms with Gasteiger partial charge in [0.1, 0.15) is 5.01 Å². The smallest absolute Gasteiger partial charge is 0.133 e. The van der Waals surface area contributed by atoms with E-state index < -0.39 is 0 Å². The number of thiazole rings is 1. The molecule has 0 bridgehead atoms. The maximum atomic E-state index is 9.13. The molecular formula is C12H16N2OS2. The first-order valence-corrected chi connectivity index (χ1v) is 7.32. The number of thiophene rings is 1. The predicted octanol–water partition coefficient (Wildman–Crippen LogP) is 2.73. The van der Waals surface area contributed by atoms with E-state index in [0.29, 0.717) is 0 Å². The summed E-state index contributed by atoms with van der Waals surface area (Å²) in [6.07, 6.45) is 2.48. The van der Waals surface area contributed by atoms with Gasteiger partial charge in [-0.05, 0) is 31.3 Å². The molecular weight excluding hydrogens is 252 g/mol. The fraction of sp³-hybridized carbons (Fsp3) is 0.417. The van der Waals surface area contributed by atoms with Gasteiger partial charge in [0.05, 0.1) is 11.0 Å². The van der Waals surface area contributed by atoms with Gasteiger partial charge in [0.2, 0.25) is 0 Å². The fourth-order valence-corrected chi connectivity index (χ4v) is 3.11. The molecule has 0 aliphatic carbocycles. The summed E-state index contributed by atoms with van der Waals surface area (Å²) < 4.78 is 0. The van der Waals surface area contributed by atoms with Crippen molar-refractivity contribution in [2.45, 2.75) is 26.0 Å². The number of rotatable bonds is 6. The lowest BCUT2D eigenvalue weighted by molar-refractivity contribution is 0.183. The van der Waals surface area contributed by atoms with Crippen molar-refractivity contribution in [3.63, 3.8) is 0 Å². The third kappa shape index (κ3) is 3.89. The van der Waals surface area contributed by atoms with Crippen LogP contribution in [0.15, 0.2) is 23.7 Å². The lowest BCUT2D eigenvalue weighted by Crippen LogP contribution is -2.17. The molecule has 0 radical (unpaired) electrons. The molecule has 1 atom stereocenters. The third-order valence-electron chi connectivity index (χ3n) is 2.32. The van der Waals surface area contributed by atoms with E-state index in [1.54, 1.807) is 22.7 Å². The average Bonchev–Trinajstić information content (AvgIpc) is 2.94. The molecule has 0 saturated carbocycles. The lowest BCUT2D eigenvalue weighted by Gasteiger charge is -2.04. The van der Waals surface area contributed by atoms with Crippen molar-refractivity contribution in [3.05, 3.63) is 28.6 Å². The quantitative estimate of drug-likeness (QED) is 0.792. The molecule has 2 aromatic rings. The van der Waals surface area contributed by atoms with E-state index in [-0.39, 0.29) is 6.10 Å². The van der Waals surface area contributed by atoms with E-state index in [4.69, 9.17) is 5.11 Å². The number of aliphatic hydroxyl groups is 1. The summed E-state index contributed by atoms with van der Waals surface area (Å²) in [5.41, 5.74) is 0. The van der Waals surface area contributed by atoms with Crippen LogP contribution in [0.1, 0.15) is 18.2 Å². The Morgan fingerprint density at radius 1 is 1.53 bits per heavy atom. The van der Waals surface area contributed by atoms with E-state index in [0.717, 1.165) is 24.5 Å². The van der Waals surface area contributed by atoms with E-state index in [1.807, 2.05) is 19.2 Å². The van der Waals surface area contributed by atoms with Crippen molar-refractivity contribution in [2.24, 2.45) is 0 Å². The maximum absolute atomic E-state index is 9.13. The number of hydrogen-bond acceptors (Lipinski definition) is 5. The molecule has 0 aliphatic rings. The summed E-state index contributed by atoms with van der Waals surface area (Å²) in [4.78, 5) is 6.87. The number of aliphatic hydroxyl groups excluding tert-OH is 1. The molecule has 2 heterocycles. The van der Waals surface area contributed by atoms with Gasteiger partial charge in [0.15, 0.2) is 0 Å². The van der Waals surface area contributed by atoms with Crippen molar-refractivity contribution in [3.8, 4) is 9.88 Å². The zero-order chi connectivity index (χ0) is 12.1. The normalized spacial score (nSPS) is 12.8. The van der Waals surface area contributed by atoms with Crippen LogP contribution in [0.4, 0.5) is 0 Å². The summed E-state index contributed by atoms with van der Waals surface area (Å²) in [6.45, 7) is 3.48. The minimum atomic E-state index is -0.231. The van der Waals surface area contributed by atoms with E-state index >= 15 is 0 Å². The molecule has 2 rings (SSSR count). The molecule has 5 heteroatoms. The Kier molecular flexibility index (Phi) is 4.67. The Morgan fingerprint density at radius 3 is 3.12 bits per heavy atom. The Bertz CT molecular complexity index is 437. The van der Waals surface area contributed by atoms with Gasteiger partial charge in [0, 0.05) is 17.6 Å². The van der Waals surface area contributed by atoms with Crippen LogP contribution in [0.2, 0.25) is 0 Å². The Morgan fingerprint density at radius 2 is 2.41 bits per heavy atom. The molecule has 0 aromatic carbocycles. The lowest BCUT2D eigenvalue weighted by atomic mass is 10.3. The number of aromatic nitrogens is 1. The molecule has 0 spiro atoms. The Balaban J connectivity index is 1.83. The van der Waals surface area contributed by atoms with Crippen LogP contribution in [-0.2, 0) is 6.54 Å². The highest BCUT2D eigenvalue weighted by atomic mass is 32.1. The van der Waals surface area contributed by atoms with Crippen molar-refractivity contribution in [1.29, 1.82) is 0 Å². The highest BCUT2D eigenvalue weighted by Crippen LogP contribution is 2.28. The first-order chi connectivity index (χ1) is 8.25. The number of nitrogens with zero attached hydrogens (tertiary/aromatic N) is 1. The second kappa shape index (κ2) is 6.26. The van der Waals surface area contributed by atoms with Gasteiger partial charge >= 0.3 is 0 Å². The second-order valence-corrected chi connectivity index (χ2v) is 5.99. The zero-order valence-electron chi connectivity index (χ0n) is 9.72. The van der Waals surface area contributed by atoms with E-state index in [1.165, 1.54) is 9.75 Å². The molecule has 2 aromatic heterocycles. The van der Waals surface area contributed by atoms with Gasteiger partial charge in [-0.25, -0.2) is 4.98 Å². The highest BCUT2D eigenvalue weighted by Gasteiger charge is 2.05. The van der Waals surface area contributed by atoms with Crippen molar-refractivity contribution >= 4 is 22.7 Å². The van der Waals surface area contributed by atoms with Gasteiger partial charge in [0.25, 0.3) is 0 Å². The van der Waals surface area contributed by atoms with Crippen LogP contribution in [0.3, 0.4) is 0 Å². The summed E-state index contributed by atoms with van der Waals surface area (Å²) >= 11 is 3.44. The maximum Gasteiger partial charge on any atom is 0.133 e. The van der Waals surface area contributed by atoms with E-state index in [9.17, 15) is 0 Å². The van der Waals surface area contributed by atoms with E-state index in [2.05, 4.69) is 21.7 Å². The number of nitrogens with one attached hydrogen (secondary N) is 1. The number of hydrogen-bond donors (Lipinski definition) is 2. The molecule has 0 amide bonds.